The van der Waals surface area contributed by atoms with Gasteiger partial charge in [0.1, 0.15) is 6.04 Å². The summed E-state index contributed by atoms with van der Waals surface area (Å²) in [6.07, 6.45) is 6.99. The number of nitrogens with one attached hydrogen (secondary N) is 1. The molecule has 3 atom stereocenters. The molecule has 1 aliphatic carbocycles. The van der Waals surface area contributed by atoms with Crippen LogP contribution in [0.4, 0.5) is 0 Å². The van der Waals surface area contributed by atoms with Crippen molar-refractivity contribution in [2.45, 2.75) is 50.6 Å². The molecule has 1 heterocycles. The van der Waals surface area contributed by atoms with E-state index in [9.17, 15) is 4.79 Å². The van der Waals surface area contributed by atoms with Gasteiger partial charge in [-0.05, 0) is 31.6 Å². The van der Waals surface area contributed by atoms with Crippen LogP contribution in [0.2, 0.25) is 0 Å². The minimum Gasteiger partial charge on any atom is -0.480 e. The molecule has 13 heavy (non-hydrogen) atoms. The lowest BCUT2D eigenvalue weighted by Gasteiger charge is -2.39. The third kappa shape index (κ3) is 1.85. The standard InChI is InChI=1S/C10H17NO2/c12-10(13)9-6-5-7-3-1-2-4-8(7)11-9/h7-9,11H,1-6H2,(H,12,13)/t7-,8+,9-/m0/s1. The number of fused-ring (bicyclic) bond motifs is 1. The molecule has 3 nitrogen and oxygen atoms in total. The van der Waals surface area contributed by atoms with Crippen molar-refractivity contribution in [2.24, 2.45) is 5.92 Å². The second-order valence-corrected chi connectivity index (χ2v) is 4.29. The van der Waals surface area contributed by atoms with E-state index in [4.69, 9.17) is 5.11 Å². The van der Waals surface area contributed by atoms with Crippen LogP contribution in [-0.2, 0) is 4.79 Å². The lowest BCUT2D eigenvalue weighted by Crippen LogP contribution is -2.51. The Hall–Kier alpha value is -0.570. The second-order valence-electron chi connectivity index (χ2n) is 4.29. The molecular weight excluding hydrogens is 166 g/mol. The first kappa shape index (κ1) is 9.00. The highest BCUT2D eigenvalue weighted by atomic mass is 16.4. The number of carbonyl (C=O) groups is 1. The number of piperidine rings is 1. The summed E-state index contributed by atoms with van der Waals surface area (Å²) in [5.41, 5.74) is 0. The van der Waals surface area contributed by atoms with Gasteiger partial charge < -0.3 is 10.4 Å². The molecule has 0 aromatic heterocycles. The van der Waals surface area contributed by atoms with E-state index in [1.807, 2.05) is 0 Å². The quantitative estimate of drug-likeness (QED) is 0.645. The average Bonchev–Trinajstić information content (AvgIpc) is 2.17. The molecule has 0 radical (unpaired) electrons. The van der Waals surface area contributed by atoms with Crippen LogP contribution >= 0.6 is 0 Å². The molecule has 74 valence electrons. The molecule has 2 aliphatic rings. The van der Waals surface area contributed by atoms with E-state index in [2.05, 4.69) is 5.32 Å². The highest BCUT2D eigenvalue weighted by Crippen LogP contribution is 2.32. The Kier molecular flexibility index (Phi) is 2.54. The Morgan fingerprint density at radius 2 is 1.92 bits per heavy atom. The van der Waals surface area contributed by atoms with Gasteiger partial charge in [-0.2, -0.15) is 0 Å². The summed E-state index contributed by atoms with van der Waals surface area (Å²) in [7, 11) is 0. The van der Waals surface area contributed by atoms with Crippen molar-refractivity contribution >= 4 is 5.97 Å². The largest absolute Gasteiger partial charge is 0.480 e. The first-order valence-corrected chi connectivity index (χ1v) is 5.26. The Labute approximate surface area is 78.5 Å². The molecule has 0 aromatic carbocycles. The molecular formula is C10H17NO2. The van der Waals surface area contributed by atoms with Gasteiger partial charge in [-0.3, -0.25) is 4.79 Å². The van der Waals surface area contributed by atoms with E-state index >= 15 is 0 Å². The van der Waals surface area contributed by atoms with Crippen molar-refractivity contribution in [3.8, 4) is 0 Å². The fourth-order valence-electron chi connectivity index (χ4n) is 2.69. The molecule has 0 aromatic rings. The van der Waals surface area contributed by atoms with Gasteiger partial charge in [-0.25, -0.2) is 0 Å². The van der Waals surface area contributed by atoms with Gasteiger partial charge in [0.15, 0.2) is 0 Å². The third-order valence-electron chi connectivity index (χ3n) is 3.45. The summed E-state index contributed by atoms with van der Waals surface area (Å²) >= 11 is 0. The fourth-order valence-corrected chi connectivity index (χ4v) is 2.69. The van der Waals surface area contributed by atoms with Gasteiger partial charge in [0.25, 0.3) is 0 Å². The maximum atomic E-state index is 10.8. The van der Waals surface area contributed by atoms with Crippen molar-refractivity contribution in [1.82, 2.24) is 5.32 Å². The lowest BCUT2D eigenvalue weighted by atomic mass is 9.78. The molecule has 3 heteroatoms. The summed E-state index contributed by atoms with van der Waals surface area (Å²) in [6, 6.07) is 0.211. The molecule has 0 bridgehead atoms. The smallest absolute Gasteiger partial charge is 0.320 e. The van der Waals surface area contributed by atoms with Crippen LogP contribution in [0.15, 0.2) is 0 Å². The molecule has 2 N–H and O–H groups in total. The number of hydrogen-bond acceptors (Lipinski definition) is 2. The van der Waals surface area contributed by atoms with Gasteiger partial charge in [-0.15, -0.1) is 0 Å². The van der Waals surface area contributed by atoms with Crippen molar-refractivity contribution < 1.29 is 9.90 Å². The van der Waals surface area contributed by atoms with Crippen LogP contribution < -0.4 is 5.32 Å². The number of rotatable bonds is 1. The molecule has 1 saturated carbocycles. The first-order valence-electron chi connectivity index (χ1n) is 5.26. The Morgan fingerprint density at radius 3 is 2.69 bits per heavy atom. The van der Waals surface area contributed by atoms with E-state index in [1.165, 1.54) is 25.7 Å². The first-order chi connectivity index (χ1) is 6.27. The predicted molar refractivity (Wildman–Crippen MR) is 49.5 cm³/mol. The van der Waals surface area contributed by atoms with Crippen LogP contribution in [0.3, 0.4) is 0 Å². The summed E-state index contributed by atoms with van der Waals surface area (Å²) in [5.74, 6) is 0.0772. The van der Waals surface area contributed by atoms with Crippen molar-refractivity contribution in [3.63, 3.8) is 0 Å². The summed E-state index contributed by atoms with van der Waals surface area (Å²) in [6.45, 7) is 0. The van der Waals surface area contributed by atoms with Gasteiger partial charge >= 0.3 is 5.97 Å². The fraction of sp³-hybridized carbons (Fsp3) is 0.900. The van der Waals surface area contributed by atoms with Crippen LogP contribution in [0.1, 0.15) is 38.5 Å². The minimum atomic E-state index is -0.677. The van der Waals surface area contributed by atoms with Crippen LogP contribution in [-0.4, -0.2) is 23.2 Å². The van der Waals surface area contributed by atoms with Crippen molar-refractivity contribution in [3.05, 3.63) is 0 Å². The highest BCUT2D eigenvalue weighted by Gasteiger charge is 2.34. The molecule has 0 amide bonds. The Morgan fingerprint density at radius 1 is 1.15 bits per heavy atom. The highest BCUT2D eigenvalue weighted by molar-refractivity contribution is 5.73. The minimum absolute atomic E-state index is 0.278. The van der Waals surface area contributed by atoms with E-state index in [0.29, 0.717) is 6.04 Å². The molecule has 2 fully saturated rings. The van der Waals surface area contributed by atoms with Gasteiger partial charge in [0, 0.05) is 6.04 Å². The molecule has 1 saturated heterocycles. The number of hydrogen-bond donors (Lipinski definition) is 2. The topological polar surface area (TPSA) is 49.3 Å². The summed E-state index contributed by atoms with van der Waals surface area (Å²) < 4.78 is 0. The van der Waals surface area contributed by atoms with E-state index in [-0.39, 0.29) is 6.04 Å². The second kappa shape index (κ2) is 3.66. The van der Waals surface area contributed by atoms with Crippen molar-refractivity contribution in [1.29, 1.82) is 0 Å². The number of carboxylic acids is 1. The van der Waals surface area contributed by atoms with E-state index < -0.39 is 5.97 Å². The zero-order valence-electron chi connectivity index (χ0n) is 7.83. The van der Waals surface area contributed by atoms with Crippen molar-refractivity contribution in [2.75, 3.05) is 0 Å². The maximum absolute atomic E-state index is 10.8. The molecule has 2 rings (SSSR count). The average molecular weight is 183 g/mol. The third-order valence-corrected chi connectivity index (χ3v) is 3.45. The van der Waals surface area contributed by atoms with Crippen LogP contribution in [0.25, 0.3) is 0 Å². The zero-order chi connectivity index (χ0) is 9.26. The van der Waals surface area contributed by atoms with Gasteiger partial charge in [0.2, 0.25) is 0 Å². The number of aliphatic carboxylic acids is 1. The zero-order valence-corrected chi connectivity index (χ0v) is 7.83. The van der Waals surface area contributed by atoms with Crippen LogP contribution in [0.5, 0.6) is 0 Å². The maximum Gasteiger partial charge on any atom is 0.320 e. The Bertz CT molecular complexity index is 205. The van der Waals surface area contributed by atoms with Crippen LogP contribution in [0, 0.1) is 5.92 Å². The normalized spacial score (nSPS) is 39.5. The lowest BCUT2D eigenvalue weighted by molar-refractivity contribution is -0.141. The van der Waals surface area contributed by atoms with E-state index in [1.54, 1.807) is 0 Å². The SMILES string of the molecule is O=C(O)[C@@H]1CC[C@@H]2CCCC[C@H]2N1. The Balaban J connectivity index is 1.95. The van der Waals surface area contributed by atoms with Gasteiger partial charge in [-0.1, -0.05) is 12.8 Å². The van der Waals surface area contributed by atoms with Gasteiger partial charge in [0.05, 0.1) is 0 Å². The molecule has 0 spiro atoms. The summed E-state index contributed by atoms with van der Waals surface area (Å²) in [5, 5.41) is 12.1. The predicted octanol–water partition coefficient (Wildman–Crippen LogP) is 1.38. The molecule has 0 unspecified atom stereocenters. The summed E-state index contributed by atoms with van der Waals surface area (Å²) in [4.78, 5) is 10.8. The molecule has 1 aliphatic heterocycles. The monoisotopic (exact) mass is 183 g/mol. The number of carboxylic acid groups (broad SMARTS) is 1. The van der Waals surface area contributed by atoms with E-state index in [0.717, 1.165) is 18.8 Å².